The summed E-state index contributed by atoms with van der Waals surface area (Å²) in [6, 6.07) is 21.9. The lowest BCUT2D eigenvalue weighted by Gasteiger charge is -2.19. The molecule has 1 N–H and O–H groups in total. The van der Waals surface area contributed by atoms with Gasteiger partial charge in [-0.15, -0.1) is 10.2 Å². The Morgan fingerprint density at radius 2 is 1.67 bits per heavy atom. The fourth-order valence-corrected chi connectivity index (χ4v) is 4.61. The van der Waals surface area contributed by atoms with Gasteiger partial charge in [0.25, 0.3) is 5.91 Å². The lowest BCUT2D eigenvalue weighted by atomic mass is 9.87. The zero-order chi connectivity index (χ0) is 28.0. The summed E-state index contributed by atoms with van der Waals surface area (Å²) in [5.74, 6) is 1.79. The second kappa shape index (κ2) is 12.2. The number of thioether (sulfide) groups is 1. The Labute approximate surface area is 233 Å². The molecule has 8 nitrogen and oxygen atoms in total. The van der Waals surface area contributed by atoms with E-state index in [-0.39, 0.29) is 17.1 Å². The molecule has 4 aromatic rings. The van der Waals surface area contributed by atoms with Gasteiger partial charge >= 0.3 is 0 Å². The van der Waals surface area contributed by atoms with E-state index < -0.39 is 0 Å². The highest BCUT2D eigenvalue weighted by molar-refractivity contribution is 7.99. The number of nitrogens with one attached hydrogen (secondary N) is 1. The van der Waals surface area contributed by atoms with Gasteiger partial charge < -0.3 is 9.47 Å². The highest BCUT2D eigenvalue weighted by atomic mass is 32.2. The van der Waals surface area contributed by atoms with Crippen molar-refractivity contribution in [2.45, 2.75) is 38.3 Å². The number of hydrazone groups is 1. The number of nitrogens with zero attached hydrogens (tertiary/aromatic N) is 4. The van der Waals surface area contributed by atoms with Crippen LogP contribution in [0.5, 0.6) is 11.5 Å². The third kappa shape index (κ3) is 6.86. The van der Waals surface area contributed by atoms with Crippen LogP contribution in [-0.2, 0) is 10.2 Å². The highest BCUT2D eigenvalue weighted by Gasteiger charge is 2.19. The largest absolute Gasteiger partial charge is 0.493 e. The smallest absolute Gasteiger partial charge is 0.250 e. The van der Waals surface area contributed by atoms with Crippen LogP contribution in [0.25, 0.3) is 17.1 Å². The first kappa shape index (κ1) is 27.9. The van der Waals surface area contributed by atoms with E-state index in [9.17, 15) is 4.79 Å². The number of carbonyl (C=O) groups excluding carboxylic acids is 1. The zero-order valence-corrected chi connectivity index (χ0v) is 23.9. The Hall–Kier alpha value is -4.11. The van der Waals surface area contributed by atoms with Gasteiger partial charge in [0.1, 0.15) is 0 Å². The number of aryl methyl sites for hydroxylation is 1. The lowest BCUT2D eigenvalue weighted by Crippen LogP contribution is -2.20. The van der Waals surface area contributed by atoms with Crippen LogP contribution >= 0.6 is 11.8 Å². The molecule has 0 saturated carbocycles. The van der Waals surface area contributed by atoms with Crippen LogP contribution in [0.15, 0.2) is 77.0 Å². The number of carbonyl (C=O) groups is 1. The molecule has 0 atom stereocenters. The molecule has 4 rings (SSSR count). The third-order valence-corrected chi connectivity index (χ3v) is 7.01. The maximum absolute atomic E-state index is 12.6. The monoisotopic (exact) mass is 543 g/mol. The van der Waals surface area contributed by atoms with Gasteiger partial charge in [-0.05, 0) is 53.8 Å². The molecule has 0 fully saturated rings. The average Bonchev–Trinajstić information content (AvgIpc) is 3.35. The molecule has 0 aliphatic carbocycles. The first-order chi connectivity index (χ1) is 18.7. The van der Waals surface area contributed by atoms with Gasteiger partial charge in [0.2, 0.25) is 0 Å². The van der Waals surface area contributed by atoms with Crippen molar-refractivity contribution in [3.8, 4) is 28.6 Å². The molecule has 0 unspecified atom stereocenters. The van der Waals surface area contributed by atoms with Crippen molar-refractivity contribution < 1.29 is 14.3 Å². The van der Waals surface area contributed by atoms with Crippen LogP contribution in [0, 0.1) is 6.92 Å². The molecular formula is C30H33N5O3S. The molecule has 0 aliphatic rings. The number of hydrogen-bond donors (Lipinski definition) is 1. The summed E-state index contributed by atoms with van der Waals surface area (Å²) in [5, 5.41) is 13.6. The van der Waals surface area contributed by atoms with Crippen LogP contribution in [0.1, 0.15) is 37.5 Å². The summed E-state index contributed by atoms with van der Waals surface area (Å²) in [5.41, 5.74) is 7.67. The van der Waals surface area contributed by atoms with E-state index >= 15 is 0 Å². The molecule has 9 heteroatoms. The van der Waals surface area contributed by atoms with Crippen molar-refractivity contribution in [2.24, 2.45) is 5.10 Å². The summed E-state index contributed by atoms with van der Waals surface area (Å²) < 4.78 is 12.5. The number of methoxy groups -OCH3 is 2. The first-order valence-electron chi connectivity index (χ1n) is 12.5. The summed E-state index contributed by atoms with van der Waals surface area (Å²) in [7, 11) is 3.15. The fraction of sp³-hybridized carbons (Fsp3) is 0.267. The van der Waals surface area contributed by atoms with Crippen LogP contribution in [-0.4, -0.2) is 46.9 Å². The zero-order valence-electron chi connectivity index (χ0n) is 23.1. The normalized spacial score (nSPS) is 11.5. The molecule has 0 aliphatic heterocycles. The van der Waals surface area contributed by atoms with Gasteiger partial charge in [0.15, 0.2) is 22.5 Å². The SMILES string of the molecule is COc1ccc(/C=N/NC(=O)CSc2nnc(-c3ccc(C(C)(C)C)cc3)n2-c2ccc(C)cc2)cc1OC. The Bertz CT molecular complexity index is 1460. The van der Waals surface area contributed by atoms with Gasteiger partial charge in [0.05, 0.1) is 26.2 Å². The van der Waals surface area contributed by atoms with Crippen molar-refractivity contribution in [1.29, 1.82) is 0 Å². The third-order valence-electron chi connectivity index (χ3n) is 6.08. The van der Waals surface area contributed by atoms with Crippen LogP contribution in [0.3, 0.4) is 0 Å². The minimum Gasteiger partial charge on any atom is -0.493 e. The minimum absolute atomic E-state index is 0.0550. The van der Waals surface area contributed by atoms with Crippen molar-refractivity contribution in [3.63, 3.8) is 0 Å². The van der Waals surface area contributed by atoms with Crippen LogP contribution in [0.2, 0.25) is 0 Å². The van der Waals surface area contributed by atoms with E-state index in [1.165, 1.54) is 17.3 Å². The molecule has 1 amide bonds. The molecule has 0 spiro atoms. The second-order valence-electron chi connectivity index (χ2n) is 10.0. The van der Waals surface area contributed by atoms with E-state index in [4.69, 9.17) is 9.47 Å². The molecule has 1 heterocycles. The number of aromatic nitrogens is 3. The quantitative estimate of drug-likeness (QED) is 0.163. The maximum atomic E-state index is 12.6. The number of hydrogen-bond acceptors (Lipinski definition) is 7. The molecular weight excluding hydrogens is 510 g/mol. The Kier molecular flexibility index (Phi) is 8.71. The average molecular weight is 544 g/mol. The van der Waals surface area contributed by atoms with E-state index in [1.54, 1.807) is 32.6 Å². The molecule has 0 saturated heterocycles. The summed E-state index contributed by atoms with van der Waals surface area (Å²) in [4.78, 5) is 12.6. The predicted octanol–water partition coefficient (Wildman–Crippen LogP) is 5.80. The number of rotatable bonds is 9. The van der Waals surface area contributed by atoms with Crippen molar-refractivity contribution in [1.82, 2.24) is 20.2 Å². The van der Waals surface area contributed by atoms with Crippen molar-refractivity contribution in [3.05, 3.63) is 83.4 Å². The van der Waals surface area contributed by atoms with Gasteiger partial charge in [-0.25, -0.2) is 5.43 Å². The number of amides is 1. The Morgan fingerprint density at radius 1 is 0.974 bits per heavy atom. The molecule has 0 bridgehead atoms. The number of ether oxygens (including phenoxy) is 2. The van der Waals surface area contributed by atoms with Crippen molar-refractivity contribution >= 4 is 23.9 Å². The van der Waals surface area contributed by atoms with Gasteiger partial charge in [-0.1, -0.05) is 74.5 Å². The summed E-state index contributed by atoms with van der Waals surface area (Å²) >= 11 is 1.30. The molecule has 39 heavy (non-hydrogen) atoms. The molecule has 0 radical (unpaired) electrons. The van der Waals surface area contributed by atoms with Crippen LogP contribution in [0.4, 0.5) is 0 Å². The van der Waals surface area contributed by atoms with E-state index in [1.807, 2.05) is 41.8 Å². The first-order valence-corrected chi connectivity index (χ1v) is 13.5. The molecule has 1 aromatic heterocycles. The lowest BCUT2D eigenvalue weighted by molar-refractivity contribution is -0.118. The van der Waals surface area contributed by atoms with Gasteiger partial charge in [-0.2, -0.15) is 5.10 Å². The maximum Gasteiger partial charge on any atom is 0.250 e. The van der Waals surface area contributed by atoms with E-state index in [0.717, 1.165) is 22.4 Å². The van der Waals surface area contributed by atoms with Gasteiger partial charge in [0, 0.05) is 11.3 Å². The number of benzene rings is 3. The second-order valence-corrected chi connectivity index (χ2v) is 10.9. The Morgan fingerprint density at radius 3 is 2.31 bits per heavy atom. The van der Waals surface area contributed by atoms with Crippen molar-refractivity contribution in [2.75, 3.05) is 20.0 Å². The minimum atomic E-state index is -0.258. The standard InChI is InChI=1S/C30H33N5O3S/c1-20-7-14-24(15-8-20)35-28(22-10-12-23(13-11-22)30(2,3)4)33-34-29(35)39-19-27(36)32-31-18-21-9-16-25(37-5)26(17-21)38-6/h7-18H,19H2,1-6H3,(H,32,36)/b31-18+. The van der Waals surface area contributed by atoms with E-state index in [2.05, 4.69) is 65.8 Å². The fourth-order valence-electron chi connectivity index (χ4n) is 3.87. The van der Waals surface area contributed by atoms with E-state index in [0.29, 0.717) is 22.5 Å². The Balaban J connectivity index is 1.51. The topological polar surface area (TPSA) is 90.6 Å². The molecule has 3 aromatic carbocycles. The summed E-state index contributed by atoms with van der Waals surface area (Å²) in [6.45, 7) is 8.61. The summed E-state index contributed by atoms with van der Waals surface area (Å²) in [6.07, 6.45) is 1.55. The predicted molar refractivity (Wildman–Crippen MR) is 156 cm³/mol. The highest BCUT2D eigenvalue weighted by Crippen LogP contribution is 2.30. The van der Waals surface area contributed by atoms with Gasteiger partial charge in [-0.3, -0.25) is 9.36 Å². The van der Waals surface area contributed by atoms with Crippen LogP contribution < -0.4 is 14.9 Å². The molecule has 202 valence electrons.